The van der Waals surface area contributed by atoms with Crippen molar-refractivity contribution in [2.24, 2.45) is 5.92 Å². The molecule has 1 aromatic heterocycles. The zero-order valence-corrected chi connectivity index (χ0v) is 11.4. The normalized spacial score (nSPS) is 13.1. The van der Waals surface area contributed by atoms with Crippen LogP contribution in [0.25, 0.3) is 0 Å². The van der Waals surface area contributed by atoms with Crippen LogP contribution in [0.15, 0.2) is 0 Å². The van der Waals surface area contributed by atoms with E-state index in [2.05, 4.69) is 30.7 Å². The number of aryl methyl sites for hydroxylation is 1. The SMILES string of the molecule is CCOC(c1nc(N)c(C)c(CC)n1)C(C)C. The number of nitrogens with two attached hydrogens (primary N) is 1. The van der Waals surface area contributed by atoms with E-state index in [1.165, 1.54) is 0 Å². The summed E-state index contributed by atoms with van der Waals surface area (Å²) in [5.41, 5.74) is 7.92. The standard InChI is InChI=1S/C13H23N3O/c1-6-10-9(5)12(14)16-13(15-10)11(8(3)4)17-7-2/h8,11H,6-7H2,1-5H3,(H2,14,15,16). The Bertz CT molecular complexity index is 377. The molecule has 0 saturated heterocycles. The largest absolute Gasteiger partial charge is 0.383 e. The Morgan fingerprint density at radius 2 is 1.88 bits per heavy atom. The van der Waals surface area contributed by atoms with Gasteiger partial charge in [0.25, 0.3) is 0 Å². The molecular formula is C13H23N3O. The van der Waals surface area contributed by atoms with Gasteiger partial charge in [0.2, 0.25) is 0 Å². The molecule has 2 N–H and O–H groups in total. The maximum absolute atomic E-state index is 5.92. The van der Waals surface area contributed by atoms with Gasteiger partial charge < -0.3 is 10.5 Å². The lowest BCUT2D eigenvalue weighted by Crippen LogP contribution is -2.17. The molecule has 4 heteroatoms. The molecule has 1 unspecified atom stereocenters. The molecule has 96 valence electrons. The lowest BCUT2D eigenvalue weighted by Gasteiger charge is -2.20. The third-order valence-electron chi connectivity index (χ3n) is 2.84. The zero-order valence-electron chi connectivity index (χ0n) is 11.4. The van der Waals surface area contributed by atoms with Gasteiger partial charge in [-0.3, -0.25) is 0 Å². The van der Waals surface area contributed by atoms with Crippen molar-refractivity contribution in [2.75, 3.05) is 12.3 Å². The summed E-state index contributed by atoms with van der Waals surface area (Å²) in [5, 5.41) is 0. The van der Waals surface area contributed by atoms with Crippen molar-refractivity contribution in [2.45, 2.75) is 47.1 Å². The zero-order chi connectivity index (χ0) is 13.0. The van der Waals surface area contributed by atoms with Crippen LogP contribution in [0, 0.1) is 12.8 Å². The summed E-state index contributed by atoms with van der Waals surface area (Å²) in [6, 6.07) is 0. The maximum Gasteiger partial charge on any atom is 0.160 e. The van der Waals surface area contributed by atoms with E-state index >= 15 is 0 Å². The van der Waals surface area contributed by atoms with Crippen LogP contribution in [0.2, 0.25) is 0 Å². The van der Waals surface area contributed by atoms with Crippen LogP contribution in [0.4, 0.5) is 5.82 Å². The predicted octanol–water partition coefficient (Wildman–Crippen LogP) is 2.66. The molecule has 0 aliphatic carbocycles. The molecule has 1 aromatic rings. The Morgan fingerprint density at radius 3 is 2.35 bits per heavy atom. The van der Waals surface area contributed by atoms with E-state index in [0.29, 0.717) is 24.2 Å². The average Bonchev–Trinajstić information content (AvgIpc) is 2.29. The number of nitrogen functional groups attached to an aromatic ring is 1. The Labute approximate surface area is 104 Å². The highest BCUT2D eigenvalue weighted by molar-refractivity contribution is 5.41. The van der Waals surface area contributed by atoms with Crippen molar-refractivity contribution in [3.63, 3.8) is 0 Å². The van der Waals surface area contributed by atoms with E-state index in [1.807, 2.05) is 13.8 Å². The van der Waals surface area contributed by atoms with Crippen LogP contribution in [-0.4, -0.2) is 16.6 Å². The van der Waals surface area contributed by atoms with Crippen molar-refractivity contribution in [3.05, 3.63) is 17.1 Å². The number of rotatable bonds is 5. The first kappa shape index (κ1) is 13.9. The number of hydrogen-bond acceptors (Lipinski definition) is 4. The fourth-order valence-electron chi connectivity index (χ4n) is 1.82. The summed E-state index contributed by atoms with van der Waals surface area (Å²) in [6.45, 7) is 10.9. The summed E-state index contributed by atoms with van der Waals surface area (Å²) in [7, 11) is 0. The quantitative estimate of drug-likeness (QED) is 0.855. The molecule has 0 bridgehead atoms. The van der Waals surface area contributed by atoms with Crippen LogP contribution in [0.3, 0.4) is 0 Å². The average molecular weight is 237 g/mol. The molecule has 0 amide bonds. The molecule has 0 spiro atoms. The molecule has 17 heavy (non-hydrogen) atoms. The molecule has 0 aromatic carbocycles. The summed E-state index contributed by atoms with van der Waals surface area (Å²) in [5.74, 6) is 1.61. The number of hydrogen-bond donors (Lipinski definition) is 1. The summed E-state index contributed by atoms with van der Waals surface area (Å²) < 4.78 is 5.70. The monoisotopic (exact) mass is 237 g/mol. The Kier molecular flexibility index (Phi) is 4.87. The van der Waals surface area contributed by atoms with E-state index < -0.39 is 0 Å². The summed E-state index contributed by atoms with van der Waals surface area (Å²) in [6.07, 6.45) is 0.788. The smallest absolute Gasteiger partial charge is 0.160 e. The number of aromatic nitrogens is 2. The highest BCUT2D eigenvalue weighted by Crippen LogP contribution is 2.25. The lowest BCUT2D eigenvalue weighted by molar-refractivity contribution is 0.0231. The lowest BCUT2D eigenvalue weighted by atomic mass is 10.1. The fraction of sp³-hybridized carbons (Fsp3) is 0.692. The van der Waals surface area contributed by atoms with Crippen LogP contribution in [-0.2, 0) is 11.2 Å². The van der Waals surface area contributed by atoms with Gasteiger partial charge in [0.05, 0.1) is 0 Å². The van der Waals surface area contributed by atoms with Gasteiger partial charge in [0.15, 0.2) is 5.82 Å². The third kappa shape index (κ3) is 3.16. The molecule has 4 nitrogen and oxygen atoms in total. The van der Waals surface area contributed by atoms with Crippen molar-refractivity contribution in [3.8, 4) is 0 Å². The Morgan fingerprint density at radius 1 is 1.24 bits per heavy atom. The second kappa shape index (κ2) is 5.96. The molecular weight excluding hydrogens is 214 g/mol. The Hall–Kier alpha value is -1.16. The first-order valence-electron chi connectivity index (χ1n) is 6.25. The third-order valence-corrected chi connectivity index (χ3v) is 2.84. The van der Waals surface area contributed by atoms with Crippen molar-refractivity contribution in [1.82, 2.24) is 9.97 Å². The van der Waals surface area contributed by atoms with Crippen molar-refractivity contribution < 1.29 is 4.74 Å². The highest BCUT2D eigenvalue weighted by Gasteiger charge is 2.21. The molecule has 1 atom stereocenters. The van der Waals surface area contributed by atoms with Crippen molar-refractivity contribution in [1.29, 1.82) is 0 Å². The molecule has 1 rings (SSSR count). The van der Waals surface area contributed by atoms with Gasteiger partial charge in [-0.2, -0.15) is 0 Å². The fourth-order valence-corrected chi connectivity index (χ4v) is 1.82. The Balaban J connectivity index is 3.15. The minimum atomic E-state index is -0.0757. The van der Waals surface area contributed by atoms with Crippen LogP contribution < -0.4 is 5.73 Å². The van der Waals surface area contributed by atoms with E-state index in [1.54, 1.807) is 0 Å². The van der Waals surface area contributed by atoms with Gasteiger partial charge in [-0.25, -0.2) is 9.97 Å². The topological polar surface area (TPSA) is 61.0 Å². The first-order valence-corrected chi connectivity index (χ1v) is 6.25. The number of nitrogens with zero attached hydrogens (tertiary/aromatic N) is 2. The molecule has 0 radical (unpaired) electrons. The second-order valence-corrected chi connectivity index (χ2v) is 4.51. The van der Waals surface area contributed by atoms with E-state index in [-0.39, 0.29) is 6.10 Å². The maximum atomic E-state index is 5.92. The predicted molar refractivity (Wildman–Crippen MR) is 69.8 cm³/mol. The number of anilines is 1. The highest BCUT2D eigenvalue weighted by atomic mass is 16.5. The van der Waals surface area contributed by atoms with E-state index in [0.717, 1.165) is 17.7 Å². The van der Waals surface area contributed by atoms with Gasteiger partial charge in [-0.15, -0.1) is 0 Å². The van der Waals surface area contributed by atoms with E-state index in [4.69, 9.17) is 10.5 Å². The van der Waals surface area contributed by atoms with Crippen LogP contribution >= 0.6 is 0 Å². The van der Waals surface area contributed by atoms with Gasteiger partial charge >= 0.3 is 0 Å². The minimum absolute atomic E-state index is 0.0757. The summed E-state index contributed by atoms with van der Waals surface area (Å²) >= 11 is 0. The van der Waals surface area contributed by atoms with Crippen LogP contribution in [0.5, 0.6) is 0 Å². The minimum Gasteiger partial charge on any atom is -0.383 e. The summed E-state index contributed by atoms with van der Waals surface area (Å²) in [4.78, 5) is 8.94. The first-order chi connectivity index (χ1) is 8.01. The van der Waals surface area contributed by atoms with Gasteiger partial charge in [0.1, 0.15) is 11.9 Å². The van der Waals surface area contributed by atoms with Crippen molar-refractivity contribution >= 4 is 5.82 Å². The molecule has 0 saturated carbocycles. The number of ether oxygens (including phenoxy) is 1. The van der Waals surface area contributed by atoms with Gasteiger partial charge in [0, 0.05) is 17.9 Å². The molecule has 1 heterocycles. The molecule has 0 aliphatic heterocycles. The second-order valence-electron chi connectivity index (χ2n) is 4.51. The van der Waals surface area contributed by atoms with Gasteiger partial charge in [-0.1, -0.05) is 20.8 Å². The van der Waals surface area contributed by atoms with E-state index in [9.17, 15) is 0 Å². The molecule has 0 fully saturated rings. The van der Waals surface area contributed by atoms with Crippen LogP contribution in [0.1, 0.15) is 50.9 Å². The molecule has 0 aliphatic rings. The van der Waals surface area contributed by atoms with Gasteiger partial charge in [-0.05, 0) is 26.2 Å².